The van der Waals surface area contributed by atoms with Gasteiger partial charge < -0.3 is 4.57 Å². The van der Waals surface area contributed by atoms with Crippen LogP contribution in [-0.4, -0.2) is 4.57 Å². The Morgan fingerprint density at radius 2 is 2.00 bits per heavy atom. The van der Waals surface area contributed by atoms with Crippen molar-refractivity contribution in [2.45, 2.75) is 51.5 Å². The summed E-state index contributed by atoms with van der Waals surface area (Å²) in [5.74, 6) is 0.941. The number of hydrogen-bond donors (Lipinski definition) is 0. The third-order valence-corrected chi connectivity index (χ3v) is 5.05. The van der Waals surface area contributed by atoms with Gasteiger partial charge in [0, 0.05) is 27.6 Å². The first-order valence-electron chi connectivity index (χ1n) is 7.50. The second kappa shape index (κ2) is 5.70. The van der Waals surface area contributed by atoms with Gasteiger partial charge in [-0.15, -0.1) is 0 Å². The fraction of sp³-hybridized carbons (Fsp3) is 0.529. The summed E-state index contributed by atoms with van der Waals surface area (Å²) < 4.78 is 3.62. The Morgan fingerprint density at radius 1 is 1.21 bits per heavy atom. The molecular formula is C17H22BrN. The predicted molar refractivity (Wildman–Crippen MR) is 85.5 cm³/mol. The molecule has 0 saturated heterocycles. The van der Waals surface area contributed by atoms with Crippen molar-refractivity contribution in [3.05, 3.63) is 34.9 Å². The minimum absolute atomic E-state index is 0.613. The van der Waals surface area contributed by atoms with Crippen LogP contribution in [0.25, 0.3) is 10.9 Å². The van der Waals surface area contributed by atoms with E-state index in [0.29, 0.717) is 6.04 Å². The lowest BCUT2D eigenvalue weighted by Crippen LogP contribution is -2.13. The van der Waals surface area contributed by atoms with Crippen molar-refractivity contribution in [2.24, 2.45) is 5.92 Å². The number of benzene rings is 1. The molecule has 3 rings (SSSR count). The zero-order valence-corrected chi connectivity index (χ0v) is 13.2. The van der Waals surface area contributed by atoms with Gasteiger partial charge in [0.1, 0.15) is 0 Å². The molecule has 19 heavy (non-hydrogen) atoms. The Balaban J connectivity index is 1.79. The van der Waals surface area contributed by atoms with E-state index in [9.17, 15) is 0 Å². The SMILES string of the molecule is CC(CC1CCCCC1)n1ccc2cc(Br)ccc21. The van der Waals surface area contributed by atoms with Gasteiger partial charge >= 0.3 is 0 Å². The maximum Gasteiger partial charge on any atom is 0.0483 e. The highest BCUT2D eigenvalue weighted by Gasteiger charge is 2.18. The number of rotatable bonds is 3. The van der Waals surface area contributed by atoms with E-state index in [1.54, 1.807) is 0 Å². The van der Waals surface area contributed by atoms with Gasteiger partial charge in [0.15, 0.2) is 0 Å². The molecular weight excluding hydrogens is 298 g/mol. The summed E-state index contributed by atoms with van der Waals surface area (Å²) in [6, 6.07) is 9.43. The Labute approximate surface area is 124 Å². The van der Waals surface area contributed by atoms with Crippen molar-refractivity contribution in [2.75, 3.05) is 0 Å². The van der Waals surface area contributed by atoms with Gasteiger partial charge in [-0.3, -0.25) is 0 Å². The van der Waals surface area contributed by atoms with Gasteiger partial charge in [0.05, 0.1) is 0 Å². The van der Waals surface area contributed by atoms with E-state index in [0.717, 1.165) is 10.4 Å². The van der Waals surface area contributed by atoms with Crippen LogP contribution in [0, 0.1) is 5.92 Å². The van der Waals surface area contributed by atoms with Gasteiger partial charge in [-0.05, 0) is 43.5 Å². The number of fused-ring (bicyclic) bond motifs is 1. The van der Waals surface area contributed by atoms with E-state index < -0.39 is 0 Å². The largest absolute Gasteiger partial charge is 0.345 e. The third-order valence-electron chi connectivity index (χ3n) is 4.56. The van der Waals surface area contributed by atoms with Gasteiger partial charge in [0.25, 0.3) is 0 Å². The molecule has 1 atom stereocenters. The summed E-state index contributed by atoms with van der Waals surface area (Å²) in [5.41, 5.74) is 1.37. The van der Waals surface area contributed by atoms with E-state index in [1.165, 1.54) is 49.4 Å². The Morgan fingerprint density at radius 3 is 2.79 bits per heavy atom. The summed E-state index contributed by atoms with van der Waals surface area (Å²) in [5, 5.41) is 1.34. The molecule has 1 saturated carbocycles. The summed E-state index contributed by atoms with van der Waals surface area (Å²) >= 11 is 3.55. The molecule has 2 aromatic rings. The molecule has 2 heteroatoms. The summed E-state index contributed by atoms with van der Waals surface area (Å²) in [6.45, 7) is 2.37. The third kappa shape index (κ3) is 2.89. The van der Waals surface area contributed by atoms with Gasteiger partial charge in [-0.25, -0.2) is 0 Å². The van der Waals surface area contributed by atoms with Crippen LogP contribution in [0.3, 0.4) is 0 Å². The second-order valence-electron chi connectivity index (χ2n) is 6.01. The summed E-state index contributed by atoms with van der Waals surface area (Å²) in [6.07, 6.45) is 10.8. The number of halogens is 1. The molecule has 1 heterocycles. The smallest absolute Gasteiger partial charge is 0.0483 e. The quantitative estimate of drug-likeness (QED) is 0.660. The maximum absolute atomic E-state index is 3.55. The van der Waals surface area contributed by atoms with E-state index in [2.05, 4.69) is 57.9 Å². The lowest BCUT2D eigenvalue weighted by atomic mass is 9.85. The zero-order chi connectivity index (χ0) is 13.2. The van der Waals surface area contributed by atoms with Crippen molar-refractivity contribution in [3.8, 4) is 0 Å². The highest BCUT2D eigenvalue weighted by molar-refractivity contribution is 9.10. The van der Waals surface area contributed by atoms with Crippen molar-refractivity contribution < 1.29 is 0 Å². The first-order valence-corrected chi connectivity index (χ1v) is 8.29. The fourth-order valence-electron chi connectivity index (χ4n) is 3.54. The molecule has 0 aliphatic heterocycles. The van der Waals surface area contributed by atoms with Crippen molar-refractivity contribution in [1.82, 2.24) is 4.57 Å². The molecule has 1 aromatic heterocycles. The van der Waals surface area contributed by atoms with Gasteiger partial charge in [0.2, 0.25) is 0 Å². The molecule has 1 nitrogen and oxygen atoms in total. The van der Waals surface area contributed by atoms with Crippen molar-refractivity contribution >= 4 is 26.8 Å². The monoisotopic (exact) mass is 319 g/mol. The van der Waals surface area contributed by atoms with E-state index >= 15 is 0 Å². The standard InChI is InChI=1S/C17H22BrN/c1-13(11-14-5-3-2-4-6-14)19-10-9-15-12-16(18)7-8-17(15)19/h7-10,12-14H,2-6,11H2,1H3. The average molecular weight is 320 g/mol. The molecule has 0 N–H and O–H groups in total. The number of aromatic nitrogens is 1. The molecule has 0 spiro atoms. The molecule has 1 unspecified atom stereocenters. The number of nitrogens with zero attached hydrogens (tertiary/aromatic N) is 1. The topological polar surface area (TPSA) is 4.93 Å². The highest BCUT2D eigenvalue weighted by atomic mass is 79.9. The normalized spacial score (nSPS) is 18.8. The summed E-state index contributed by atoms with van der Waals surface area (Å²) in [4.78, 5) is 0. The molecule has 0 amide bonds. The molecule has 1 aromatic carbocycles. The van der Waals surface area contributed by atoms with Crippen LogP contribution in [0.2, 0.25) is 0 Å². The Kier molecular flexibility index (Phi) is 3.97. The average Bonchev–Trinajstić information content (AvgIpc) is 2.82. The lowest BCUT2D eigenvalue weighted by Gasteiger charge is -2.26. The molecule has 1 aliphatic carbocycles. The van der Waals surface area contributed by atoms with Crippen LogP contribution in [0.4, 0.5) is 0 Å². The van der Waals surface area contributed by atoms with Gasteiger partial charge in [-0.1, -0.05) is 48.0 Å². The van der Waals surface area contributed by atoms with Crippen LogP contribution in [0.15, 0.2) is 34.9 Å². The molecule has 102 valence electrons. The van der Waals surface area contributed by atoms with Crippen LogP contribution < -0.4 is 0 Å². The van der Waals surface area contributed by atoms with Crippen LogP contribution >= 0.6 is 15.9 Å². The Bertz CT molecular complexity index is 551. The van der Waals surface area contributed by atoms with Crippen molar-refractivity contribution in [1.29, 1.82) is 0 Å². The minimum atomic E-state index is 0.613. The van der Waals surface area contributed by atoms with Gasteiger partial charge in [-0.2, -0.15) is 0 Å². The molecule has 1 fully saturated rings. The summed E-state index contributed by atoms with van der Waals surface area (Å²) in [7, 11) is 0. The van der Waals surface area contributed by atoms with E-state index in [-0.39, 0.29) is 0 Å². The van der Waals surface area contributed by atoms with Crippen LogP contribution in [0.1, 0.15) is 51.5 Å². The Hall–Kier alpha value is -0.760. The predicted octanol–water partition coefficient (Wildman–Crippen LogP) is 5.94. The molecule has 0 bridgehead atoms. The fourth-order valence-corrected chi connectivity index (χ4v) is 3.92. The first kappa shape index (κ1) is 13.2. The van der Waals surface area contributed by atoms with E-state index in [1.807, 2.05) is 0 Å². The second-order valence-corrected chi connectivity index (χ2v) is 6.93. The van der Waals surface area contributed by atoms with Crippen molar-refractivity contribution in [3.63, 3.8) is 0 Å². The van der Waals surface area contributed by atoms with Crippen LogP contribution in [0.5, 0.6) is 0 Å². The number of hydrogen-bond acceptors (Lipinski definition) is 0. The zero-order valence-electron chi connectivity index (χ0n) is 11.6. The minimum Gasteiger partial charge on any atom is -0.345 e. The van der Waals surface area contributed by atoms with E-state index in [4.69, 9.17) is 0 Å². The van der Waals surface area contributed by atoms with Crippen LogP contribution in [-0.2, 0) is 0 Å². The molecule has 1 aliphatic rings. The first-order chi connectivity index (χ1) is 9.24. The maximum atomic E-state index is 3.55. The molecule has 0 radical (unpaired) electrons. The lowest BCUT2D eigenvalue weighted by molar-refractivity contribution is 0.298. The highest BCUT2D eigenvalue weighted by Crippen LogP contribution is 2.32.